The van der Waals surface area contributed by atoms with Crippen molar-refractivity contribution < 1.29 is 19.2 Å². The Balaban J connectivity index is 1.34. The van der Waals surface area contributed by atoms with Crippen LogP contribution in [0.3, 0.4) is 0 Å². The van der Waals surface area contributed by atoms with Gasteiger partial charge in [-0.2, -0.15) is 4.98 Å². The van der Waals surface area contributed by atoms with E-state index in [-0.39, 0.29) is 13.1 Å². The molecule has 0 saturated heterocycles. The number of benzene rings is 2. The van der Waals surface area contributed by atoms with Gasteiger partial charge in [-0.15, -0.1) is 11.3 Å². The van der Waals surface area contributed by atoms with Gasteiger partial charge in [0, 0.05) is 29.8 Å². The van der Waals surface area contributed by atoms with E-state index in [0.29, 0.717) is 11.7 Å². The second kappa shape index (κ2) is 14.6. The first-order valence-electron chi connectivity index (χ1n) is 13.9. The van der Waals surface area contributed by atoms with Gasteiger partial charge in [0.25, 0.3) is 5.89 Å². The Morgan fingerprint density at radius 2 is 1.67 bits per heavy atom. The van der Waals surface area contributed by atoms with Crippen LogP contribution in [-0.2, 0) is 29.1 Å². The largest absolute Gasteiger partial charge is 0.474 e. The topological polar surface area (TPSA) is 96.5 Å². The summed E-state index contributed by atoms with van der Waals surface area (Å²) in [6, 6.07) is 15.4. The van der Waals surface area contributed by atoms with Gasteiger partial charge in [-0.1, -0.05) is 93.8 Å². The summed E-state index contributed by atoms with van der Waals surface area (Å²) >= 11 is 1.58. The zero-order chi connectivity index (χ0) is 27.5. The molecule has 0 aliphatic heterocycles. The van der Waals surface area contributed by atoms with Crippen LogP contribution in [0, 0.1) is 0 Å². The fourth-order valence-corrected chi connectivity index (χ4v) is 5.74. The lowest BCUT2D eigenvalue weighted by Crippen LogP contribution is -2.35. The summed E-state index contributed by atoms with van der Waals surface area (Å²) in [5, 5.41) is 16.6. The Bertz CT molecular complexity index is 1360. The van der Waals surface area contributed by atoms with Crippen LogP contribution < -0.4 is 0 Å². The Morgan fingerprint density at radius 1 is 0.923 bits per heavy atom. The number of amides is 1. The minimum absolute atomic E-state index is 0.155. The third-order valence-electron chi connectivity index (χ3n) is 6.91. The van der Waals surface area contributed by atoms with Gasteiger partial charge in [-0.25, -0.2) is 4.79 Å². The molecule has 206 valence electrons. The maximum absolute atomic E-state index is 12.6. The van der Waals surface area contributed by atoms with E-state index in [2.05, 4.69) is 17.1 Å². The summed E-state index contributed by atoms with van der Waals surface area (Å²) in [5.41, 5.74) is 2.47. The number of nitrogens with zero attached hydrogens (tertiary/aromatic N) is 3. The van der Waals surface area contributed by atoms with Crippen molar-refractivity contribution in [1.82, 2.24) is 15.0 Å². The van der Waals surface area contributed by atoms with E-state index in [4.69, 9.17) is 4.52 Å². The summed E-state index contributed by atoms with van der Waals surface area (Å²) in [6.07, 6.45) is 12.2. The number of hydrogen-bond donors (Lipinski definition) is 1. The Kier molecular flexibility index (Phi) is 10.7. The number of carbonyl (C=O) groups excluding carboxylic acids is 1. The Hall–Kier alpha value is -3.52. The monoisotopic (exact) mass is 547 g/mol. The lowest BCUT2D eigenvalue weighted by atomic mass is 10.1. The van der Waals surface area contributed by atoms with Crippen molar-refractivity contribution in [3.8, 4) is 11.5 Å². The molecule has 8 heteroatoms. The minimum Gasteiger partial charge on any atom is -0.474 e. The molecule has 0 unspecified atom stereocenters. The lowest BCUT2D eigenvalue weighted by molar-refractivity contribution is -0.156. The maximum atomic E-state index is 12.6. The third kappa shape index (κ3) is 8.23. The summed E-state index contributed by atoms with van der Waals surface area (Å²) in [5.74, 6) is -1.27. The second-order valence-electron chi connectivity index (χ2n) is 10.0. The second-order valence-corrected chi connectivity index (χ2v) is 10.9. The number of rotatable bonds is 15. The van der Waals surface area contributed by atoms with Crippen molar-refractivity contribution in [2.75, 3.05) is 0 Å². The molecule has 7 nitrogen and oxygen atoms in total. The smallest absolute Gasteiger partial charge is 0.394 e. The van der Waals surface area contributed by atoms with Crippen LogP contribution in [0.4, 0.5) is 0 Å². The first kappa shape index (κ1) is 28.5. The predicted octanol–water partition coefficient (Wildman–Crippen LogP) is 7.64. The number of hydrogen-bond acceptors (Lipinski definition) is 6. The van der Waals surface area contributed by atoms with Crippen LogP contribution in [0.1, 0.15) is 81.7 Å². The van der Waals surface area contributed by atoms with Gasteiger partial charge in [-0.3, -0.25) is 4.79 Å². The zero-order valence-electron chi connectivity index (χ0n) is 22.6. The highest BCUT2D eigenvalue weighted by Crippen LogP contribution is 2.28. The number of unbranched alkanes of at least 4 members (excludes halogenated alkanes) is 8. The van der Waals surface area contributed by atoms with Gasteiger partial charge < -0.3 is 14.5 Å². The predicted molar refractivity (Wildman–Crippen MR) is 154 cm³/mol. The molecule has 2 aromatic carbocycles. The van der Waals surface area contributed by atoms with Gasteiger partial charge >= 0.3 is 11.9 Å². The highest BCUT2D eigenvalue weighted by molar-refractivity contribution is 7.17. The standard InChI is InChI=1S/C31H37N3O4S/c1-2-3-4-5-6-7-8-9-10-18-28-32-29(38-33-28)24-15-13-14-23(19-24)20-34(30(35)31(36)37)21-25-22-39-27-17-12-11-16-26(25)27/h11-17,19,22H,2-10,18,20-21H2,1H3,(H,36,37). The molecule has 2 aromatic heterocycles. The number of thiophene rings is 1. The highest BCUT2D eigenvalue weighted by atomic mass is 32.1. The Morgan fingerprint density at radius 3 is 2.44 bits per heavy atom. The molecule has 4 aromatic rings. The fraction of sp³-hybridized carbons (Fsp3) is 0.419. The van der Waals surface area contributed by atoms with Crippen molar-refractivity contribution in [2.45, 2.75) is 84.2 Å². The maximum Gasteiger partial charge on any atom is 0.394 e. The van der Waals surface area contributed by atoms with Crippen LogP contribution >= 0.6 is 11.3 Å². The highest BCUT2D eigenvalue weighted by Gasteiger charge is 2.23. The van der Waals surface area contributed by atoms with Crippen molar-refractivity contribution in [3.05, 3.63) is 70.9 Å². The molecule has 4 rings (SSSR count). The average molecular weight is 548 g/mol. The number of carboxylic acids is 1. The minimum atomic E-state index is -1.47. The van der Waals surface area contributed by atoms with Crippen LogP contribution in [0.25, 0.3) is 21.5 Å². The van der Waals surface area contributed by atoms with E-state index in [0.717, 1.165) is 39.6 Å². The number of fused-ring (bicyclic) bond motifs is 1. The van der Waals surface area contributed by atoms with Crippen molar-refractivity contribution >= 4 is 33.3 Å². The summed E-state index contributed by atoms with van der Waals surface area (Å²) < 4.78 is 6.63. The van der Waals surface area contributed by atoms with Crippen molar-refractivity contribution in [2.24, 2.45) is 0 Å². The third-order valence-corrected chi connectivity index (χ3v) is 7.92. The number of aryl methyl sites for hydroxylation is 1. The molecule has 0 saturated carbocycles. The number of aromatic nitrogens is 2. The van der Waals surface area contributed by atoms with E-state index in [1.807, 2.05) is 53.9 Å². The van der Waals surface area contributed by atoms with Crippen molar-refractivity contribution in [3.63, 3.8) is 0 Å². The summed E-state index contributed by atoms with van der Waals surface area (Å²) in [7, 11) is 0. The molecule has 0 aliphatic rings. The normalized spacial score (nSPS) is 11.2. The molecule has 0 aliphatic carbocycles. The van der Waals surface area contributed by atoms with Crippen molar-refractivity contribution in [1.29, 1.82) is 0 Å². The quantitative estimate of drug-likeness (QED) is 0.121. The van der Waals surface area contributed by atoms with Crippen LogP contribution in [0.2, 0.25) is 0 Å². The molecular weight excluding hydrogens is 510 g/mol. The van der Waals surface area contributed by atoms with E-state index < -0.39 is 11.9 Å². The van der Waals surface area contributed by atoms with E-state index in [9.17, 15) is 14.7 Å². The van der Waals surface area contributed by atoms with E-state index >= 15 is 0 Å². The first-order chi connectivity index (χ1) is 19.0. The molecule has 1 amide bonds. The van der Waals surface area contributed by atoms with Gasteiger partial charge in [0.1, 0.15) is 0 Å². The zero-order valence-corrected chi connectivity index (χ0v) is 23.4. The van der Waals surface area contributed by atoms with Crippen LogP contribution in [0.15, 0.2) is 58.4 Å². The van der Waals surface area contributed by atoms with Gasteiger partial charge in [0.05, 0.1) is 0 Å². The molecule has 0 radical (unpaired) electrons. The van der Waals surface area contributed by atoms with E-state index in [1.54, 1.807) is 11.3 Å². The summed E-state index contributed by atoms with van der Waals surface area (Å²) in [6.45, 7) is 2.61. The van der Waals surface area contributed by atoms with Crippen LogP contribution in [0.5, 0.6) is 0 Å². The molecule has 0 atom stereocenters. The van der Waals surface area contributed by atoms with Gasteiger partial charge in [0.15, 0.2) is 5.82 Å². The Labute approximate surface area is 233 Å². The summed E-state index contributed by atoms with van der Waals surface area (Å²) in [4.78, 5) is 30.1. The fourth-order valence-electron chi connectivity index (χ4n) is 4.79. The SMILES string of the molecule is CCCCCCCCCCCc1noc(-c2cccc(CN(Cc3csc4ccccc34)C(=O)C(=O)O)c2)n1. The number of aliphatic carboxylic acids is 1. The van der Waals surface area contributed by atoms with Crippen LogP contribution in [-0.4, -0.2) is 32.0 Å². The average Bonchev–Trinajstić information content (AvgIpc) is 3.59. The molecule has 0 bridgehead atoms. The van der Waals surface area contributed by atoms with E-state index in [1.165, 1.54) is 56.3 Å². The van der Waals surface area contributed by atoms with Gasteiger partial charge in [0.2, 0.25) is 0 Å². The molecule has 2 heterocycles. The molecule has 0 spiro atoms. The molecular formula is C31H37N3O4S. The molecule has 0 fully saturated rings. The lowest BCUT2D eigenvalue weighted by Gasteiger charge is -2.21. The number of carbonyl (C=O) groups is 2. The first-order valence-corrected chi connectivity index (χ1v) is 14.8. The van der Waals surface area contributed by atoms with Gasteiger partial charge in [-0.05, 0) is 46.5 Å². The molecule has 39 heavy (non-hydrogen) atoms. The number of carboxylic acid groups (broad SMARTS) is 1. The molecule has 1 N–H and O–H groups in total.